The summed E-state index contributed by atoms with van der Waals surface area (Å²) in [5.41, 5.74) is 0.851. The Bertz CT molecular complexity index is 296. The van der Waals surface area contributed by atoms with Crippen LogP contribution in [-0.4, -0.2) is 30.7 Å². The second-order valence-electron chi connectivity index (χ2n) is 8.55. The molecule has 0 N–H and O–H groups in total. The van der Waals surface area contributed by atoms with Crippen LogP contribution in [0.15, 0.2) is 12.3 Å². The van der Waals surface area contributed by atoms with Crippen molar-refractivity contribution in [2.45, 2.75) is 73.3 Å². The molecule has 0 aromatic rings. The Morgan fingerprint density at radius 1 is 1.05 bits per heavy atom. The molecule has 1 atom stereocenters. The van der Waals surface area contributed by atoms with Gasteiger partial charge in [0.1, 0.15) is 0 Å². The zero-order valence-electron chi connectivity index (χ0n) is 14.5. The first-order chi connectivity index (χ1) is 9.16. The lowest BCUT2D eigenvalue weighted by Crippen LogP contribution is -2.30. The van der Waals surface area contributed by atoms with E-state index in [-0.39, 0.29) is 0 Å². The van der Waals surface area contributed by atoms with Crippen molar-refractivity contribution in [3.8, 4) is 0 Å². The van der Waals surface area contributed by atoms with Gasteiger partial charge in [0.15, 0.2) is 0 Å². The van der Waals surface area contributed by atoms with Crippen LogP contribution in [0.1, 0.15) is 67.2 Å². The molecule has 0 saturated carbocycles. The van der Waals surface area contributed by atoms with E-state index in [1.165, 1.54) is 19.3 Å². The van der Waals surface area contributed by atoms with Crippen molar-refractivity contribution in [1.82, 2.24) is 4.90 Å². The molecule has 20 heavy (non-hydrogen) atoms. The van der Waals surface area contributed by atoms with E-state index in [0.29, 0.717) is 16.9 Å². The summed E-state index contributed by atoms with van der Waals surface area (Å²) in [6, 6.07) is 0. The molecule has 0 aromatic carbocycles. The lowest BCUT2D eigenvalue weighted by atomic mass is 9.91. The van der Waals surface area contributed by atoms with Crippen LogP contribution in [0, 0.1) is 10.8 Å². The van der Waals surface area contributed by atoms with Crippen LogP contribution >= 0.6 is 0 Å². The van der Waals surface area contributed by atoms with Gasteiger partial charge in [0.2, 0.25) is 0 Å². The molecule has 0 bridgehead atoms. The first kappa shape index (κ1) is 17.6. The van der Waals surface area contributed by atoms with E-state index in [2.05, 4.69) is 58.7 Å². The highest BCUT2D eigenvalue weighted by molar-refractivity contribution is 4.95. The maximum Gasteiger partial charge on any atom is 0.0789 e. The molecule has 0 spiro atoms. The molecule has 1 rings (SSSR count). The summed E-state index contributed by atoms with van der Waals surface area (Å²) in [7, 11) is 0. The second kappa shape index (κ2) is 7.49. The van der Waals surface area contributed by atoms with Gasteiger partial charge >= 0.3 is 0 Å². The fourth-order valence-electron chi connectivity index (χ4n) is 2.32. The van der Waals surface area contributed by atoms with Crippen molar-refractivity contribution >= 4 is 0 Å². The van der Waals surface area contributed by atoms with Crippen LogP contribution in [0.3, 0.4) is 0 Å². The minimum Gasteiger partial charge on any atom is -0.377 e. The number of ether oxygens (including phenoxy) is 1. The van der Waals surface area contributed by atoms with Gasteiger partial charge < -0.3 is 9.64 Å². The smallest absolute Gasteiger partial charge is 0.0789 e. The molecule has 118 valence electrons. The average Bonchev–Trinajstić information content (AvgIpc) is 2.31. The molecular formula is C18H35NO. The fourth-order valence-corrected chi connectivity index (χ4v) is 2.32. The summed E-state index contributed by atoms with van der Waals surface area (Å²) >= 11 is 0. The van der Waals surface area contributed by atoms with Gasteiger partial charge in [0, 0.05) is 19.7 Å². The Hall–Kier alpha value is -0.500. The molecule has 2 nitrogen and oxygen atoms in total. The van der Waals surface area contributed by atoms with Crippen molar-refractivity contribution in [1.29, 1.82) is 0 Å². The van der Waals surface area contributed by atoms with Gasteiger partial charge in [-0.25, -0.2) is 0 Å². The molecule has 0 aromatic heterocycles. The molecule has 0 amide bonds. The lowest BCUT2D eigenvalue weighted by Gasteiger charge is -2.30. The molecule has 0 radical (unpaired) electrons. The first-order valence-corrected chi connectivity index (χ1v) is 8.20. The number of nitrogens with zero attached hydrogens (tertiary/aromatic N) is 1. The molecule has 1 aliphatic heterocycles. The molecule has 0 fully saturated rings. The molecule has 1 heterocycles. The summed E-state index contributed by atoms with van der Waals surface area (Å²) in [6.07, 6.45) is 9.60. The average molecular weight is 281 g/mol. The van der Waals surface area contributed by atoms with E-state index >= 15 is 0 Å². The van der Waals surface area contributed by atoms with Crippen LogP contribution in [0.5, 0.6) is 0 Å². The normalized spacial score (nSPS) is 20.5. The highest BCUT2D eigenvalue weighted by atomic mass is 16.5. The maximum absolute atomic E-state index is 5.96. The van der Waals surface area contributed by atoms with E-state index in [9.17, 15) is 0 Å². The third-order valence-corrected chi connectivity index (χ3v) is 3.76. The Labute approximate surface area is 126 Å². The molecule has 0 saturated heterocycles. The molecule has 0 aliphatic carbocycles. The molecule has 2 heteroatoms. The van der Waals surface area contributed by atoms with Crippen LogP contribution in [0.25, 0.3) is 0 Å². The standard InChI is InChI=1S/C18H35NO/c1-17(2,3)10-7-15-20-16-8-12-19(13-9-16)14-11-18(4,5)6/h8,12,16H,7,9-11,13-15H2,1-6H3. The number of rotatable bonds is 6. The molecule has 1 unspecified atom stereocenters. The third-order valence-electron chi connectivity index (χ3n) is 3.76. The fraction of sp³-hybridized carbons (Fsp3) is 0.889. The van der Waals surface area contributed by atoms with E-state index < -0.39 is 0 Å². The highest BCUT2D eigenvalue weighted by Gasteiger charge is 2.17. The Kier molecular flexibility index (Phi) is 6.57. The third kappa shape index (κ3) is 8.63. The Morgan fingerprint density at radius 3 is 2.20 bits per heavy atom. The van der Waals surface area contributed by atoms with Crippen molar-refractivity contribution in [3.05, 3.63) is 12.3 Å². The van der Waals surface area contributed by atoms with Crippen molar-refractivity contribution in [3.63, 3.8) is 0 Å². The van der Waals surface area contributed by atoms with Crippen LogP contribution < -0.4 is 0 Å². The lowest BCUT2D eigenvalue weighted by molar-refractivity contribution is 0.0588. The number of hydrogen-bond donors (Lipinski definition) is 0. The van der Waals surface area contributed by atoms with E-state index in [0.717, 1.165) is 26.1 Å². The monoisotopic (exact) mass is 281 g/mol. The van der Waals surface area contributed by atoms with Gasteiger partial charge in [-0.3, -0.25) is 0 Å². The predicted octanol–water partition coefficient (Wildman–Crippen LogP) is 4.85. The summed E-state index contributed by atoms with van der Waals surface area (Å²) in [4.78, 5) is 2.43. The van der Waals surface area contributed by atoms with Gasteiger partial charge in [0.05, 0.1) is 6.10 Å². The quantitative estimate of drug-likeness (QED) is 0.645. The predicted molar refractivity (Wildman–Crippen MR) is 87.8 cm³/mol. The van der Waals surface area contributed by atoms with Crippen LogP contribution in [0.2, 0.25) is 0 Å². The highest BCUT2D eigenvalue weighted by Crippen LogP contribution is 2.22. The summed E-state index contributed by atoms with van der Waals surface area (Å²) in [5.74, 6) is 0. The van der Waals surface area contributed by atoms with Crippen molar-refractivity contribution in [2.24, 2.45) is 10.8 Å². The van der Waals surface area contributed by atoms with Crippen molar-refractivity contribution in [2.75, 3.05) is 19.7 Å². The summed E-state index contributed by atoms with van der Waals surface area (Å²) < 4.78 is 5.96. The zero-order chi connectivity index (χ0) is 15.2. The van der Waals surface area contributed by atoms with Crippen LogP contribution in [0.4, 0.5) is 0 Å². The Morgan fingerprint density at radius 2 is 1.70 bits per heavy atom. The first-order valence-electron chi connectivity index (χ1n) is 8.20. The van der Waals surface area contributed by atoms with Gasteiger partial charge in [-0.1, -0.05) is 41.5 Å². The zero-order valence-corrected chi connectivity index (χ0v) is 14.5. The van der Waals surface area contributed by atoms with Gasteiger partial charge in [-0.2, -0.15) is 0 Å². The largest absolute Gasteiger partial charge is 0.377 e. The minimum absolute atomic E-state index is 0.334. The maximum atomic E-state index is 5.96. The Balaban J connectivity index is 2.16. The number of hydrogen-bond acceptors (Lipinski definition) is 2. The van der Waals surface area contributed by atoms with E-state index in [1.807, 2.05) is 0 Å². The minimum atomic E-state index is 0.334. The van der Waals surface area contributed by atoms with E-state index in [1.54, 1.807) is 0 Å². The SMILES string of the molecule is CC(C)(C)CCCOC1C=CN(CCC(C)(C)C)CC1. The summed E-state index contributed by atoms with van der Waals surface area (Å²) in [6.45, 7) is 17.0. The topological polar surface area (TPSA) is 12.5 Å². The van der Waals surface area contributed by atoms with Crippen LogP contribution in [-0.2, 0) is 4.74 Å². The van der Waals surface area contributed by atoms with Gasteiger partial charge in [-0.05, 0) is 48.8 Å². The second-order valence-corrected chi connectivity index (χ2v) is 8.55. The molecule has 1 aliphatic rings. The van der Waals surface area contributed by atoms with Gasteiger partial charge in [0.25, 0.3) is 0 Å². The molecular weight excluding hydrogens is 246 g/mol. The summed E-state index contributed by atoms with van der Waals surface area (Å²) in [5, 5.41) is 0. The van der Waals surface area contributed by atoms with Crippen molar-refractivity contribution < 1.29 is 4.74 Å². The van der Waals surface area contributed by atoms with E-state index in [4.69, 9.17) is 4.74 Å². The van der Waals surface area contributed by atoms with Gasteiger partial charge in [-0.15, -0.1) is 0 Å².